The number of rotatable bonds is 4. The van der Waals surface area contributed by atoms with E-state index in [0.717, 1.165) is 40.1 Å². The number of fused-ring (bicyclic) bond motifs is 1. The molecule has 0 bridgehead atoms. The second-order valence-corrected chi connectivity index (χ2v) is 9.00. The quantitative estimate of drug-likeness (QED) is 0.488. The van der Waals surface area contributed by atoms with Crippen LogP contribution in [0.1, 0.15) is 43.9 Å². The summed E-state index contributed by atoms with van der Waals surface area (Å²) in [5.74, 6) is 0. The number of imidazole rings is 1. The molecule has 0 aliphatic heterocycles. The third-order valence-electron chi connectivity index (χ3n) is 6.46. The monoisotopic (exact) mass is 411 g/mol. The van der Waals surface area contributed by atoms with E-state index in [9.17, 15) is 5.26 Å². The zero-order valence-electron chi connectivity index (χ0n) is 18.1. The lowest BCUT2D eigenvalue weighted by Crippen LogP contribution is -2.19. The molecule has 1 aliphatic rings. The molecule has 0 amide bonds. The average Bonchev–Trinajstić information content (AvgIpc) is 3.49. The van der Waals surface area contributed by atoms with Gasteiger partial charge in [-0.3, -0.25) is 9.67 Å². The molecule has 156 valence electrons. The van der Waals surface area contributed by atoms with Crippen molar-refractivity contribution >= 4 is 11.2 Å². The standard InChI is InChI=1S/C24H25N7/c1-16-17(10-25)8-20(19-12-28-31(13-19)14-24(2)6-4-5-7-24)22(29-16)18-9-21-23(26-11-18)30(3)15-27-21/h8-9,11-13,15H,4-7,14H2,1-3H3. The first-order valence-electron chi connectivity index (χ1n) is 10.7. The van der Waals surface area contributed by atoms with E-state index in [-0.39, 0.29) is 0 Å². The molecule has 7 nitrogen and oxygen atoms in total. The van der Waals surface area contributed by atoms with Crippen LogP contribution in [0.25, 0.3) is 33.5 Å². The van der Waals surface area contributed by atoms with Crippen molar-refractivity contribution in [2.24, 2.45) is 12.5 Å². The Morgan fingerprint density at radius 3 is 2.71 bits per heavy atom. The van der Waals surface area contributed by atoms with Crippen LogP contribution in [-0.2, 0) is 13.6 Å². The van der Waals surface area contributed by atoms with E-state index in [0.29, 0.717) is 16.7 Å². The zero-order chi connectivity index (χ0) is 21.6. The maximum Gasteiger partial charge on any atom is 0.159 e. The highest BCUT2D eigenvalue weighted by atomic mass is 15.3. The van der Waals surface area contributed by atoms with Crippen LogP contribution in [0.5, 0.6) is 0 Å². The fourth-order valence-electron chi connectivity index (χ4n) is 4.67. The Labute approximate surface area is 181 Å². The molecule has 1 fully saturated rings. The second-order valence-electron chi connectivity index (χ2n) is 9.00. The lowest BCUT2D eigenvalue weighted by Gasteiger charge is -2.22. The van der Waals surface area contributed by atoms with Crippen LogP contribution in [0.3, 0.4) is 0 Å². The van der Waals surface area contributed by atoms with Crippen LogP contribution in [0.2, 0.25) is 0 Å². The lowest BCUT2D eigenvalue weighted by molar-refractivity contribution is 0.268. The molecule has 5 rings (SSSR count). The Morgan fingerprint density at radius 1 is 1.13 bits per heavy atom. The fraction of sp³-hybridized carbons (Fsp3) is 0.375. The molecule has 7 heteroatoms. The van der Waals surface area contributed by atoms with Crippen LogP contribution in [-0.4, -0.2) is 29.3 Å². The number of hydrogen-bond donors (Lipinski definition) is 0. The Kier molecular flexibility index (Phi) is 4.58. The van der Waals surface area contributed by atoms with Gasteiger partial charge in [0.05, 0.1) is 29.5 Å². The van der Waals surface area contributed by atoms with Gasteiger partial charge in [0.25, 0.3) is 0 Å². The highest BCUT2D eigenvalue weighted by molar-refractivity contribution is 5.85. The first kappa shape index (κ1) is 19.4. The Morgan fingerprint density at radius 2 is 1.94 bits per heavy atom. The van der Waals surface area contributed by atoms with Crippen LogP contribution in [0, 0.1) is 23.7 Å². The molecule has 4 heterocycles. The van der Waals surface area contributed by atoms with Gasteiger partial charge in [0.1, 0.15) is 11.6 Å². The van der Waals surface area contributed by atoms with Gasteiger partial charge >= 0.3 is 0 Å². The molecular weight excluding hydrogens is 386 g/mol. The van der Waals surface area contributed by atoms with Gasteiger partial charge in [0.2, 0.25) is 0 Å². The van der Waals surface area contributed by atoms with Gasteiger partial charge < -0.3 is 4.57 Å². The SMILES string of the molecule is Cc1nc(-c2cnc3c(c2)ncn3C)c(-c2cnn(CC3(C)CCCC3)c2)cc1C#N. The zero-order valence-corrected chi connectivity index (χ0v) is 18.1. The highest BCUT2D eigenvalue weighted by Gasteiger charge is 2.29. The van der Waals surface area contributed by atoms with Crippen LogP contribution < -0.4 is 0 Å². The van der Waals surface area contributed by atoms with Gasteiger partial charge in [0.15, 0.2) is 5.65 Å². The largest absolute Gasteiger partial charge is 0.318 e. The maximum atomic E-state index is 9.59. The summed E-state index contributed by atoms with van der Waals surface area (Å²) in [5.41, 5.74) is 6.75. The average molecular weight is 412 g/mol. The van der Waals surface area contributed by atoms with Gasteiger partial charge in [-0.25, -0.2) is 9.97 Å². The van der Waals surface area contributed by atoms with E-state index in [2.05, 4.69) is 34.3 Å². The van der Waals surface area contributed by atoms with E-state index >= 15 is 0 Å². The number of aromatic nitrogens is 6. The smallest absolute Gasteiger partial charge is 0.159 e. The van der Waals surface area contributed by atoms with Crippen molar-refractivity contribution in [1.29, 1.82) is 5.26 Å². The third-order valence-corrected chi connectivity index (χ3v) is 6.46. The van der Waals surface area contributed by atoms with E-state index in [4.69, 9.17) is 4.98 Å². The molecule has 4 aromatic heterocycles. The summed E-state index contributed by atoms with van der Waals surface area (Å²) < 4.78 is 3.93. The Balaban J connectivity index is 1.60. The van der Waals surface area contributed by atoms with Crippen molar-refractivity contribution < 1.29 is 0 Å². The van der Waals surface area contributed by atoms with Crippen LogP contribution >= 0.6 is 0 Å². The summed E-state index contributed by atoms with van der Waals surface area (Å²) in [6.07, 6.45) is 12.6. The van der Waals surface area contributed by atoms with E-state index < -0.39 is 0 Å². The van der Waals surface area contributed by atoms with Gasteiger partial charge in [-0.05, 0) is 37.3 Å². The summed E-state index contributed by atoms with van der Waals surface area (Å²) in [6.45, 7) is 5.12. The molecule has 0 radical (unpaired) electrons. The number of aryl methyl sites for hydroxylation is 2. The van der Waals surface area contributed by atoms with Gasteiger partial charge in [-0.15, -0.1) is 0 Å². The molecule has 0 unspecified atom stereocenters. The summed E-state index contributed by atoms with van der Waals surface area (Å²) in [7, 11) is 1.93. The minimum Gasteiger partial charge on any atom is -0.318 e. The van der Waals surface area contributed by atoms with Crippen LogP contribution in [0.4, 0.5) is 0 Å². The predicted octanol–water partition coefficient (Wildman–Crippen LogP) is 4.65. The van der Waals surface area contributed by atoms with E-state index in [1.54, 1.807) is 6.33 Å². The summed E-state index contributed by atoms with van der Waals surface area (Å²) in [4.78, 5) is 13.8. The first-order chi connectivity index (χ1) is 15.0. The molecule has 0 spiro atoms. The normalized spacial score (nSPS) is 15.4. The van der Waals surface area contributed by atoms with Crippen molar-refractivity contribution in [3.05, 3.63) is 48.3 Å². The minimum atomic E-state index is 0.309. The predicted molar refractivity (Wildman–Crippen MR) is 119 cm³/mol. The highest BCUT2D eigenvalue weighted by Crippen LogP contribution is 2.39. The molecular formula is C24H25N7. The van der Waals surface area contributed by atoms with Gasteiger partial charge in [-0.1, -0.05) is 19.8 Å². The van der Waals surface area contributed by atoms with Crippen molar-refractivity contribution in [2.75, 3.05) is 0 Å². The topological polar surface area (TPSA) is 85.2 Å². The van der Waals surface area contributed by atoms with E-state index in [1.165, 1.54) is 25.7 Å². The van der Waals surface area contributed by atoms with Crippen molar-refractivity contribution in [1.82, 2.24) is 29.3 Å². The van der Waals surface area contributed by atoms with Gasteiger partial charge in [-0.2, -0.15) is 10.4 Å². The first-order valence-corrected chi connectivity index (χ1v) is 10.7. The van der Waals surface area contributed by atoms with Crippen LogP contribution in [0.15, 0.2) is 37.1 Å². The molecule has 0 atom stereocenters. The Hall–Kier alpha value is -3.53. The second kappa shape index (κ2) is 7.31. The summed E-state index contributed by atoms with van der Waals surface area (Å²) >= 11 is 0. The van der Waals surface area contributed by atoms with Crippen molar-refractivity contribution in [3.8, 4) is 28.5 Å². The molecule has 31 heavy (non-hydrogen) atoms. The summed E-state index contributed by atoms with van der Waals surface area (Å²) in [5, 5.41) is 14.2. The fourth-order valence-corrected chi connectivity index (χ4v) is 4.67. The molecule has 1 saturated carbocycles. The number of pyridine rings is 2. The molecule has 0 aromatic carbocycles. The minimum absolute atomic E-state index is 0.309. The number of hydrogen-bond acceptors (Lipinski definition) is 5. The molecule has 1 aliphatic carbocycles. The molecule has 0 saturated heterocycles. The van der Waals surface area contributed by atoms with Gasteiger partial charge in [0, 0.05) is 42.7 Å². The lowest BCUT2D eigenvalue weighted by atomic mass is 9.89. The van der Waals surface area contributed by atoms with Crippen molar-refractivity contribution in [3.63, 3.8) is 0 Å². The van der Waals surface area contributed by atoms with Crippen molar-refractivity contribution in [2.45, 2.75) is 46.1 Å². The molecule has 4 aromatic rings. The maximum absolute atomic E-state index is 9.59. The summed E-state index contributed by atoms with van der Waals surface area (Å²) in [6, 6.07) is 6.19. The molecule has 0 N–H and O–H groups in total. The van der Waals surface area contributed by atoms with E-state index in [1.807, 2.05) is 47.7 Å². The number of nitrogens with zero attached hydrogens (tertiary/aromatic N) is 7. The Bertz CT molecular complexity index is 1320. The third kappa shape index (κ3) is 3.48. The number of nitriles is 1.